The van der Waals surface area contributed by atoms with Crippen LogP contribution in [0.3, 0.4) is 0 Å². The highest BCUT2D eigenvalue weighted by atomic mass is 32.2. The molecular formula is C34H30N8O6S2. The van der Waals surface area contributed by atoms with Crippen molar-refractivity contribution < 1.29 is 25.9 Å². The predicted molar refractivity (Wildman–Crippen MR) is 195 cm³/mol. The number of nitrogens with zero attached hydrogens (tertiary/aromatic N) is 4. The van der Waals surface area contributed by atoms with E-state index in [2.05, 4.69) is 20.5 Å². The molecule has 0 aliphatic heterocycles. The number of fused-ring (bicyclic) bond motifs is 2. The van der Waals surface area contributed by atoms with Crippen LogP contribution in [0.2, 0.25) is 0 Å². The molecule has 254 valence electrons. The third-order valence-corrected chi connectivity index (χ3v) is 10.1. The van der Waals surface area contributed by atoms with Gasteiger partial charge in [0.1, 0.15) is 21.2 Å². The summed E-state index contributed by atoms with van der Waals surface area (Å²) in [5.74, 6) is 0. The highest BCUT2D eigenvalue weighted by Gasteiger charge is 2.25. The summed E-state index contributed by atoms with van der Waals surface area (Å²) < 4.78 is 68.6. The molecule has 0 amide bonds. The molecule has 0 atom stereocenters. The van der Waals surface area contributed by atoms with E-state index in [1.165, 1.54) is 12.1 Å². The second-order valence-electron chi connectivity index (χ2n) is 11.4. The zero-order chi connectivity index (χ0) is 36.1. The van der Waals surface area contributed by atoms with Crippen LogP contribution in [0.5, 0.6) is 0 Å². The van der Waals surface area contributed by atoms with Crippen LogP contribution in [0.4, 0.5) is 45.5 Å². The Morgan fingerprint density at radius 3 is 1.14 bits per heavy atom. The van der Waals surface area contributed by atoms with Crippen LogP contribution >= 0.6 is 0 Å². The van der Waals surface area contributed by atoms with Crippen molar-refractivity contribution in [3.8, 4) is 11.1 Å². The largest absolute Gasteiger partial charge is 0.396 e. The van der Waals surface area contributed by atoms with Crippen molar-refractivity contribution in [2.45, 2.75) is 23.6 Å². The third kappa shape index (κ3) is 6.07. The van der Waals surface area contributed by atoms with Crippen molar-refractivity contribution in [3.05, 3.63) is 96.1 Å². The maximum absolute atomic E-state index is 12.2. The van der Waals surface area contributed by atoms with E-state index in [1.807, 2.05) is 26.0 Å². The fraction of sp³-hybridized carbons (Fsp3) is 0.0588. The average Bonchev–Trinajstić information content (AvgIpc) is 3.04. The second-order valence-corrected chi connectivity index (χ2v) is 14.2. The number of nitrogen functional groups attached to an aromatic ring is 4. The number of hydrogen-bond donors (Lipinski definition) is 6. The summed E-state index contributed by atoms with van der Waals surface area (Å²) in [4.78, 5) is -0.985. The Morgan fingerprint density at radius 1 is 0.480 bits per heavy atom. The molecule has 6 aromatic carbocycles. The number of azo groups is 2. The van der Waals surface area contributed by atoms with E-state index >= 15 is 0 Å². The van der Waals surface area contributed by atoms with Gasteiger partial charge in [-0.15, -0.1) is 10.2 Å². The van der Waals surface area contributed by atoms with E-state index in [4.69, 9.17) is 22.9 Å². The molecule has 50 heavy (non-hydrogen) atoms. The first-order chi connectivity index (χ1) is 23.6. The van der Waals surface area contributed by atoms with E-state index in [0.29, 0.717) is 22.1 Å². The summed E-state index contributed by atoms with van der Waals surface area (Å²) in [6.07, 6.45) is 0. The number of nitrogens with two attached hydrogens (primary N) is 4. The monoisotopic (exact) mass is 710 g/mol. The van der Waals surface area contributed by atoms with Gasteiger partial charge in [0.05, 0.1) is 34.1 Å². The molecule has 6 aromatic rings. The highest BCUT2D eigenvalue weighted by Crippen LogP contribution is 2.45. The van der Waals surface area contributed by atoms with Crippen molar-refractivity contribution >= 4 is 87.3 Å². The lowest BCUT2D eigenvalue weighted by Gasteiger charge is -2.13. The van der Waals surface area contributed by atoms with Gasteiger partial charge in [0, 0.05) is 21.5 Å². The molecule has 0 heterocycles. The van der Waals surface area contributed by atoms with Crippen molar-refractivity contribution in [1.82, 2.24) is 0 Å². The molecule has 0 saturated carbocycles. The smallest absolute Gasteiger partial charge is 0.297 e. The van der Waals surface area contributed by atoms with E-state index in [9.17, 15) is 25.9 Å². The number of hydrogen-bond acceptors (Lipinski definition) is 12. The predicted octanol–water partition coefficient (Wildman–Crippen LogP) is 7.93. The van der Waals surface area contributed by atoms with Crippen LogP contribution in [0, 0.1) is 13.8 Å². The zero-order valence-electron chi connectivity index (χ0n) is 26.5. The van der Waals surface area contributed by atoms with Gasteiger partial charge in [-0.3, -0.25) is 9.11 Å². The molecule has 6 rings (SSSR count). The normalized spacial score (nSPS) is 12.5. The topological polar surface area (TPSA) is 262 Å². The van der Waals surface area contributed by atoms with Crippen LogP contribution in [-0.4, -0.2) is 25.9 Å². The lowest BCUT2D eigenvalue weighted by Crippen LogP contribution is -2.06. The van der Waals surface area contributed by atoms with E-state index < -0.39 is 30.0 Å². The second kappa shape index (κ2) is 12.5. The molecule has 0 spiro atoms. The molecular weight excluding hydrogens is 681 g/mol. The van der Waals surface area contributed by atoms with E-state index in [-0.39, 0.29) is 44.9 Å². The quantitative estimate of drug-likeness (QED) is 0.0529. The standard InChI is InChI=1S/C34H30N8O6S2/c1-17-15-19(39-41-31-27(35)23-7-3-5-9-25(23)33(29(31)37)49(43,44)45)11-13-21(17)22-14-12-20(16-18(22)2)40-42-32-28(36)24-8-4-6-10-26(24)34(30(32)38)50(46,47)48/h3-16H,35-38H2,1-2H3,(H,43,44,45)(H,46,47,48). The summed E-state index contributed by atoms with van der Waals surface area (Å²) in [6.45, 7) is 3.77. The molecule has 0 unspecified atom stereocenters. The van der Waals surface area contributed by atoms with Crippen LogP contribution < -0.4 is 22.9 Å². The van der Waals surface area contributed by atoms with E-state index in [0.717, 1.165) is 22.3 Å². The highest BCUT2D eigenvalue weighted by molar-refractivity contribution is 7.86. The third-order valence-electron chi connectivity index (χ3n) is 8.19. The molecule has 0 bridgehead atoms. The molecule has 0 aromatic heterocycles. The Morgan fingerprint density at radius 2 is 0.820 bits per heavy atom. The zero-order valence-corrected chi connectivity index (χ0v) is 28.2. The number of rotatable bonds is 7. The summed E-state index contributed by atoms with van der Waals surface area (Å²) in [5.41, 5.74) is 28.6. The molecule has 16 heteroatoms. The van der Waals surface area contributed by atoms with Crippen LogP contribution in [0.1, 0.15) is 11.1 Å². The maximum atomic E-state index is 12.2. The minimum atomic E-state index is -4.71. The minimum absolute atomic E-state index is 0.0833. The number of benzene rings is 6. The molecule has 0 aliphatic carbocycles. The first kappa shape index (κ1) is 33.9. The van der Waals surface area contributed by atoms with Gasteiger partial charge in [0.25, 0.3) is 20.2 Å². The summed E-state index contributed by atoms with van der Waals surface area (Å²) in [5, 5.41) is 17.9. The van der Waals surface area contributed by atoms with Gasteiger partial charge < -0.3 is 22.9 Å². The number of aryl methyl sites for hydroxylation is 2. The SMILES string of the molecule is Cc1cc(N=Nc2c(N)c(S(=O)(=O)O)c3ccccc3c2N)ccc1-c1ccc(N=Nc2c(N)c(S(=O)(=O)O)c3ccccc3c2N)cc1C. The van der Waals surface area contributed by atoms with Crippen molar-refractivity contribution in [2.75, 3.05) is 22.9 Å². The minimum Gasteiger partial charge on any atom is -0.396 e. The summed E-state index contributed by atoms with van der Waals surface area (Å²) >= 11 is 0. The maximum Gasteiger partial charge on any atom is 0.297 e. The lowest BCUT2D eigenvalue weighted by atomic mass is 9.96. The van der Waals surface area contributed by atoms with E-state index in [1.54, 1.807) is 60.7 Å². The Bertz CT molecular complexity index is 2490. The van der Waals surface area contributed by atoms with Crippen molar-refractivity contribution in [3.63, 3.8) is 0 Å². The molecule has 10 N–H and O–H groups in total. The molecule has 0 saturated heterocycles. The molecule has 14 nitrogen and oxygen atoms in total. The van der Waals surface area contributed by atoms with Gasteiger partial charge in [-0.2, -0.15) is 27.1 Å². The average molecular weight is 711 g/mol. The molecule has 0 fully saturated rings. The number of anilines is 4. The Labute approximate surface area is 286 Å². The van der Waals surface area contributed by atoms with Crippen LogP contribution in [-0.2, 0) is 20.2 Å². The van der Waals surface area contributed by atoms with Gasteiger partial charge in [-0.05, 0) is 60.4 Å². The Kier molecular flexibility index (Phi) is 8.49. The van der Waals surface area contributed by atoms with Crippen molar-refractivity contribution in [2.24, 2.45) is 20.5 Å². The van der Waals surface area contributed by atoms with Gasteiger partial charge in [0.15, 0.2) is 0 Å². The summed E-state index contributed by atoms with van der Waals surface area (Å²) in [7, 11) is -9.41. The first-order valence-electron chi connectivity index (χ1n) is 14.8. The van der Waals surface area contributed by atoms with Crippen molar-refractivity contribution in [1.29, 1.82) is 0 Å². The lowest BCUT2D eigenvalue weighted by molar-refractivity contribution is 0.482. The van der Waals surface area contributed by atoms with Gasteiger partial charge in [0.2, 0.25) is 0 Å². The molecule has 0 radical (unpaired) electrons. The fourth-order valence-electron chi connectivity index (χ4n) is 5.89. The Balaban J connectivity index is 1.31. The summed E-state index contributed by atoms with van der Waals surface area (Å²) in [6, 6.07) is 23.4. The first-order valence-corrected chi connectivity index (χ1v) is 17.7. The Hall–Kier alpha value is -5.94. The fourth-order valence-corrected chi connectivity index (χ4v) is 7.55. The van der Waals surface area contributed by atoms with Gasteiger partial charge in [-0.1, -0.05) is 60.7 Å². The molecule has 0 aliphatic rings. The van der Waals surface area contributed by atoms with Crippen LogP contribution in [0.15, 0.2) is 115 Å². The van der Waals surface area contributed by atoms with Crippen LogP contribution in [0.25, 0.3) is 32.7 Å². The van der Waals surface area contributed by atoms with Gasteiger partial charge >= 0.3 is 0 Å². The van der Waals surface area contributed by atoms with Gasteiger partial charge in [-0.25, -0.2) is 0 Å².